The average molecular weight is 443 g/mol. The molecule has 4 nitrogen and oxygen atoms in total. The Balaban J connectivity index is 0. The molecule has 2 atom stereocenters. The number of unbranched alkanes of at least 4 members (excludes halogenated alkanes) is 12. The third-order valence-corrected chi connectivity index (χ3v) is 7.01. The molecule has 0 aromatic rings. The van der Waals surface area contributed by atoms with Gasteiger partial charge in [0.15, 0.2) is 0 Å². The zero-order chi connectivity index (χ0) is 21.1. The van der Waals surface area contributed by atoms with E-state index in [1.807, 2.05) is 6.92 Å². The monoisotopic (exact) mass is 442 g/mol. The largest absolute Gasteiger partial charge is 1.00 e. The van der Waals surface area contributed by atoms with Gasteiger partial charge in [-0.15, -0.1) is 0 Å². The molecular formula is C23H47NaO4S. The van der Waals surface area contributed by atoms with Crippen molar-refractivity contribution in [2.45, 2.75) is 147 Å². The van der Waals surface area contributed by atoms with Gasteiger partial charge in [-0.3, -0.25) is 0 Å². The molecule has 170 valence electrons. The number of rotatable bonds is 21. The van der Waals surface area contributed by atoms with E-state index in [9.17, 15) is 18.1 Å². The molecule has 0 aliphatic rings. The molecule has 0 rings (SSSR count). The first-order chi connectivity index (χ1) is 13.4. The van der Waals surface area contributed by atoms with Gasteiger partial charge in [-0.1, -0.05) is 110 Å². The maximum Gasteiger partial charge on any atom is 1.00 e. The molecule has 1 N–H and O–H groups in total. The van der Waals surface area contributed by atoms with Crippen molar-refractivity contribution >= 4 is 10.1 Å². The number of hydrogen-bond acceptors (Lipinski definition) is 4. The van der Waals surface area contributed by atoms with Crippen LogP contribution in [0.3, 0.4) is 0 Å². The van der Waals surface area contributed by atoms with Gasteiger partial charge in [0.05, 0.1) is 16.2 Å². The van der Waals surface area contributed by atoms with Gasteiger partial charge in [-0.25, -0.2) is 8.42 Å². The molecule has 0 aliphatic carbocycles. The van der Waals surface area contributed by atoms with Crippen molar-refractivity contribution in [2.75, 3.05) is 0 Å². The van der Waals surface area contributed by atoms with E-state index in [-0.39, 0.29) is 35.7 Å². The van der Waals surface area contributed by atoms with Crippen LogP contribution in [-0.2, 0) is 10.1 Å². The van der Waals surface area contributed by atoms with Crippen LogP contribution in [-0.4, -0.2) is 29.4 Å². The zero-order valence-corrected chi connectivity index (χ0v) is 22.5. The summed E-state index contributed by atoms with van der Waals surface area (Å²) in [6.07, 6.45) is 20.2. The molecule has 0 aliphatic heterocycles. The fraction of sp³-hybridized carbons (Fsp3) is 1.00. The second-order valence-electron chi connectivity index (χ2n) is 8.52. The Morgan fingerprint density at radius 3 is 1.38 bits per heavy atom. The third-order valence-electron chi connectivity index (χ3n) is 5.72. The number of aliphatic hydroxyl groups is 1. The van der Waals surface area contributed by atoms with Crippen LogP contribution in [0, 0.1) is 0 Å². The van der Waals surface area contributed by atoms with Crippen molar-refractivity contribution in [3.63, 3.8) is 0 Å². The minimum Gasteiger partial charge on any atom is -0.748 e. The Kier molecular flexibility index (Phi) is 24.4. The second-order valence-corrected chi connectivity index (χ2v) is 10.2. The smallest absolute Gasteiger partial charge is 0.748 e. The fourth-order valence-corrected chi connectivity index (χ4v) is 4.85. The Labute approximate surface area is 204 Å². The van der Waals surface area contributed by atoms with E-state index in [0.29, 0.717) is 12.8 Å². The molecule has 29 heavy (non-hydrogen) atoms. The van der Waals surface area contributed by atoms with Gasteiger partial charge >= 0.3 is 29.6 Å². The Bertz CT molecular complexity index is 429. The Morgan fingerprint density at radius 2 is 1.00 bits per heavy atom. The van der Waals surface area contributed by atoms with Crippen LogP contribution in [0.2, 0.25) is 0 Å². The molecule has 0 amide bonds. The van der Waals surface area contributed by atoms with E-state index in [1.54, 1.807) is 0 Å². The van der Waals surface area contributed by atoms with Crippen LogP contribution in [0.5, 0.6) is 0 Å². The van der Waals surface area contributed by atoms with E-state index in [2.05, 4.69) is 6.92 Å². The van der Waals surface area contributed by atoms with Gasteiger partial charge in [-0.05, 0) is 25.7 Å². The number of aliphatic hydroxyl groups excluding tert-OH is 1. The summed E-state index contributed by atoms with van der Waals surface area (Å²) in [6, 6.07) is 0. The van der Waals surface area contributed by atoms with Crippen molar-refractivity contribution in [3.8, 4) is 0 Å². The molecule has 2 unspecified atom stereocenters. The Hall–Kier alpha value is 0.870. The van der Waals surface area contributed by atoms with E-state index in [1.165, 1.54) is 44.9 Å². The average Bonchev–Trinajstić information content (AvgIpc) is 2.64. The predicted molar refractivity (Wildman–Crippen MR) is 119 cm³/mol. The first-order valence-corrected chi connectivity index (χ1v) is 13.5. The summed E-state index contributed by atoms with van der Waals surface area (Å²) in [6.45, 7) is 4.16. The van der Waals surface area contributed by atoms with Gasteiger partial charge in [0.1, 0.15) is 0 Å². The van der Waals surface area contributed by atoms with Crippen molar-refractivity contribution in [1.82, 2.24) is 0 Å². The summed E-state index contributed by atoms with van der Waals surface area (Å²) in [5, 5.41) is 9.37. The van der Waals surface area contributed by atoms with Crippen LogP contribution in [0.4, 0.5) is 0 Å². The molecular weight excluding hydrogens is 395 g/mol. The van der Waals surface area contributed by atoms with Crippen molar-refractivity contribution in [3.05, 3.63) is 0 Å². The molecule has 0 saturated heterocycles. The van der Waals surface area contributed by atoms with Gasteiger partial charge in [0, 0.05) is 5.25 Å². The first kappa shape index (κ1) is 32.1. The van der Waals surface area contributed by atoms with E-state index in [0.717, 1.165) is 64.2 Å². The van der Waals surface area contributed by atoms with Crippen LogP contribution in [0.25, 0.3) is 0 Å². The standard InChI is InChI=1S/C23H48O4S.Na/c1-3-5-6-7-8-9-12-15-19-22(24)20-16-13-10-11-14-17-21-23(18-4-2)28(25,26)27;/h22-24H,3-21H2,1-2H3,(H,25,26,27);/q;+1/p-1. The zero-order valence-electron chi connectivity index (χ0n) is 19.7. The maximum absolute atomic E-state index is 11.2. The van der Waals surface area contributed by atoms with Crippen molar-refractivity contribution < 1.29 is 47.6 Å². The summed E-state index contributed by atoms with van der Waals surface area (Å²) in [5.41, 5.74) is 0. The normalized spacial score (nSPS) is 13.8. The Morgan fingerprint density at radius 1 is 0.621 bits per heavy atom. The fourth-order valence-electron chi connectivity index (χ4n) is 3.87. The first-order valence-electron chi connectivity index (χ1n) is 12.0. The molecule has 0 aromatic carbocycles. The molecule has 0 radical (unpaired) electrons. The van der Waals surface area contributed by atoms with Gasteiger partial charge in [0.25, 0.3) is 0 Å². The third kappa shape index (κ3) is 21.9. The summed E-state index contributed by atoms with van der Waals surface area (Å²) >= 11 is 0. The molecule has 0 aromatic heterocycles. The summed E-state index contributed by atoms with van der Waals surface area (Å²) in [4.78, 5) is 0. The van der Waals surface area contributed by atoms with E-state index >= 15 is 0 Å². The minimum absolute atomic E-state index is 0. The molecule has 0 bridgehead atoms. The summed E-state index contributed by atoms with van der Waals surface area (Å²) in [5.74, 6) is 0. The van der Waals surface area contributed by atoms with Crippen LogP contribution in [0.15, 0.2) is 0 Å². The quantitative estimate of drug-likeness (QED) is 0.167. The van der Waals surface area contributed by atoms with E-state index < -0.39 is 15.4 Å². The minimum atomic E-state index is -4.13. The van der Waals surface area contributed by atoms with Gasteiger partial charge in [0.2, 0.25) is 0 Å². The van der Waals surface area contributed by atoms with Crippen molar-refractivity contribution in [1.29, 1.82) is 0 Å². The second kappa shape index (κ2) is 22.1. The van der Waals surface area contributed by atoms with Crippen LogP contribution in [0.1, 0.15) is 136 Å². The molecule has 0 saturated carbocycles. The van der Waals surface area contributed by atoms with Gasteiger partial charge < -0.3 is 9.66 Å². The topological polar surface area (TPSA) is 77.4 Å². The van der Waals surface area contributed by atoms with Crippen LogP contribution >= 0.6 is 0 Å². The number of hydrogen-bond donors (Lipinski definition) is 1. The van der Waals surface area contributed by atoms with Crippen LogP contribution < -0.4 is 29.6 Å². The molecule has 0 heterocycles. The summed E-state index contributed by atoms with van der Waals surface area (Å²) < 4.78 is 33.5. The molecule has 0 fully saturated rings. The molecule has 6 heteroatoms. The SMILES string of the molecule is CCCCCCCCCCC(O)CCCCCCCCC(CCC)S(=O)(=O)[O-].[Na+]. The van der Waals surface area contributed by atoms with Gasteiger partial charge in [-0.2, -0.15) is 0 Å². The van der Waals surface area contributed by atoms with Crippen molar-refractivity contribution in [2.24, 2.45) is 0 Å². The maximum atomic E-state index is 11.2. The summed E-state index contributed by atoms with van der Waals surface area (Å²) in [7, 11) is -4.13. The molecule has 0 spiro atoms. The predicted octanol–water partition coefficient (Wildman–Crippen LogP) is 3.72. The van der Waals surface area contributed by atoms with E-state index in [4.69, 9.17) is 0 Å².